The van der Waals surface area contributed by atoms with Crippen molar-refractivity contribution in [1.29, 1.82) is 0 Å². The Kier molecular flexibility index (Phi) is 4.83. The van der Waals surface area contributed by atoms with Crippen molar-refractivity contribution in [3.63, 3.8) is 0 Å². The third kappa shape index (κ3) is 4.13. The van der Waals surface area contributed by atoms with Gasteiger partial charge in [-0.3, -0.25) is 4.99 Å². The maximum absolute atomic E-state index is 4.44. The van der Waals surface area contributed by atoms with Crippen molar-refractivity contribution in [2.24, 2.45) is 10.4 Å². The molecule has 0 bridgehead atoms. The summed E-state index contributed by atoms with van der Waals surface area (Å²) < 4.78 is 1.83. The Labute approximate surface area is 143 Å². The Bertz CT molecular complexity index is 689. The summed E-state index contributed by atoms with van der Waals surface area (Å²) in [5.41, 5.74) is 2.83. The number of hydrogen-bond donors (Lipinski definition) is 1. The average molecular weight is 326 g/mol. The average Bonchev–Trinajstić information content (AvgIpc) is 3.18. The molecule has 0 spiro atoms. The van der Waals surface area contributed by atoms with Crippen LogP contribution >= 0.6 is 0 Å². The van der Waals surface area contributed by atoms with Crippen LogP contribution in [0.3, 0.4) is 0 Å². The van der Waals surface area contributed by atoms with Crippen LogP contribution in [0, 0.1) is 5.41 Å². The highest BCUT2D eigenvalue weighted by atomic mass is 15.3. The smallest absolute Gasteiger partial charge is 0.193 e. The summed E-state index contributed by atoms with van der Waals surface area (Å²) in [5.74, 6) is 0.988. The highest BCUT2D eigenvalue weighted by molar-refractivity contribution is 5.80. The molecule has 1 N–H and O–H groups in total. The zero-order chi connectivity index (χ0) is 17.0. The number of nitrogens with zero attached hydrogens (tertiary/aromatic N) is 5. The van der Waals surface area contributed by atoms with Crippen molar-refractivity contribution >= 4 is 5.96 Å². The number of rotatable bonds is 4. The molecule has 24 heavy (non-hydrogen) atoms. The molecule has 1 aliphatic heterocycles. The molecule has 0 atom stereocenters. The third-order valence-corrected chi connectivity index (χ3v) is 4.44. The summed E-state index contributed by atoms with van der Waals surface area (Å²) >= 11 is 0. The van der Waals surface area contributed by atoms with Crippen LogP contribution in [0.15, 0.2) is 41.9 Å². The molecule has 3 rings (SSSR count). The number of nitrogens with one attached hydrogen (secondary N) is 1. The van der Waals surface area contributed by atoms with Crippen LogP contribution in [0.4, 0.5) is 0 Å². The van der Waals surface area contributed by atoms with Crippen molar-refractivity contribution < 1.29 is 0 Å². The van der Waals surface area contributed by atoms with Gasteiger partial charge in [0.1, 0.15) is 12.7 Å². The fourth-order valence-electron chi connectivity index (χ4n) is 3.15. The SMILES string of the molecule is CN=C(NCc1cccc(Cn2cncn2)c1)N1CCC(C)(C)C1. The summed E-state index contributed by atoms with van der Waals surface area (Å²) in [6, 6.07) is 8.54. The summed E-state index contributed by atoms with van der Waals surface area (Å²) in [6.07, 6.45) is 4.51. The normalized spacial score (nSPS) is 17.3. The summed E-state index contributed by atoms with van der Waals surface area (Å²) in [5, 5.41) is 7.65. The summed E-state index contributed by atoms with van der Waals surface area (Å²) in [6.45, 7) is 8.26. The first-order chi connectivity index (χ1) is 11.6. The molecule has 0 aliphatic carbocycles. The van der Waals surface area contributed by atoms with Crippen molar-refractivity contribution in [2.75, 3.05) is 20.1 Å². The van der Waals surface area contributed by atoms with E-state index >= 15 is 0 Å². The maximum atomic E-state index is 4.44. The van der Waals surface area contributed by atoms with Gasteiger partial charge in [-0.2, -0.15) is 5.10 Å². The van der Waals surface area contributed by atoms with E-state index in [0.29, 0.717) is 5.41 Å². The van der Waals surface area contributed by atoms with Crippen LogP contribution in [0.1, 0.15) is 31.4 Å². The van der Waals surface area contributed by atoms with Crippen molar-refractivity contribution in [1.82, 2.24) is 25.0 Å². The zero-order valence-corrected chi connectivity index (χ0v) is 14.7. The van der Waals surface area contributed by atoms with Crippen molar-refractivity contribution in [2.45, 2.75) is 33.4 Å². The molecule has 128 valence electrons. The van der Waals surface area contributed by atoms with E-state index in [0.717, 1.165) is 32.1 Å². The largest absolute Gasteiger partial charge is 0.352 e. The molecular formula is C18H26N6. The lowest BCUT2D eigenvalue weighted by Crippen LogP contribution is -2.40. The van der Waals surface area contributed by atoms with Gasteiger partial charge in [0, 0.05) is 26.7 Å². The fraction of sp³-hybridized carbons (Fsp3) is 0.500. The van der Waals surface area contributed by atoms with E-state index < -0.39 is 0 Å². The van der Waals surface area contributed by atoms with Crippen LogP contribution in [0.25, 0.3) is 0 Å². The lowest BCUT2D eigenvalue weighted by Gasteiger charge is -2.23. The standard InChI is InChI=1S/C18H26N6/c1-18(2)7-8-23(12-18)17(19-3)21-10-15-5-4-6-16(9-15)11-24-14-20-13-22-24/h4-6,9,13-14H,7-8,10-12H2,1-3H3,(H,19,21). The molecule has 2 aromatic rings. The van der Waals surface area contributed by atoms with Gasteiger partial charge >= 0.3 is 0 Å². The molecule has 0 radical (unpaired) electrons. The summed E-state index contributed by atoms with van der Waals surface area (Å²) in [4.78, 5) is 10.8. The Morgan fingerprint density at radius 2 is 2.17 bits per heavy atom. The number of benzene rings is 1. The van der Waals surface area contributed by atoms with Gasteiger partial charge in [0.15, 0.2) is 5.96 Å². The van der Waals surface area contributed by atoms with Gasteiger partial charge in [-0.05, 0) is 23.0 Å². The molecule has 1 aromatic heterocycles. The first kappa shape index (κ1) is 16.5. The second-order valence-corrected chi connectivity index (χ2v) is 7.15. The minimum absolute atomic E-state index is 0.370. The molecule has 2 heterocycles. The third-order valence-electron chi connectivity index (χ3n) is 4.44. The first-order valence-corrected chi connectivity index (χ1v) is 8.42. The number of likely N-dealkylation sites (tertiary alicyclic amines) is 1. The molecule has 0 saturated carbocycles. The predicted molar refractivity (Wildman–Crippen MR) is 95.7 cm³/mol. The van der Waals surface area contributed by atoms with E-state index in [1.54, 1.807) is 12.7 Å². The maximum Gasteiger partial charge on any atom is 0.193 e. The second-order valence-electron chi connectivity index (χ2n) is 7.15. The molecule has 1 aliphatic rings. The Balaban J connectivity index is 1.59. The number of aromatic nitrogens is 3. The van der Waals surface area contributed by atoms with Gasteiger partial charge < -0.3 is 10.2 Å². The minimum Gasteiger partial charge on any atom is -0.352 e. The molecule has 0 amide bonds. The van der Waals surface area contributed by atoms with Gasteiger partial charge in [0.2, 0.25) is 0 Å². The minimum atomic E-state index is 0.370. The molecular weight excluding hydrogens is 300 g/mol. The van der Waals surface area contributed by atoms with Crippen LogP contribution in [-0.2, 0) is 13.1 Å². The number of hydrogen-bond acceptors (Lipinski definition) is 3. The second kappa shape index (κ2) is 7.03. The van der Waals surface area contributed by atoms with E-state index in [1.165, 1.54) is 17.5 Å². The van der Waals surface area contributed by atoms with E-state index in [9.17, 15) is 0 Å². The van der Waals surface area contributed by atoms with Crippen LogP contribution in [0.5, 0.6) is 0 Å². The predicted octanol–water partition coefficient (Wildman–Crippen LogP) is 2.13. The van der Waals surface area contributed by atoms with E-state index in [2.05, 4.69) is 63.4 Å². The van der Waals surface area contributed by atoms with E-state index in [-0.39, 0.29) is 0 Å². The Hall–Kier alpha value is -2.37. The quantitative estimate of drug-likeness (QED) is 0.691. The molecule has 1 saturated heterocycles. The Morgan fingerprint density at radius 1 is 1.33 bits per heavy atom. The first-order valence-electron chi connectivity index (χ1n) is 8.42. The number of guanidine groups is 1. The summed E-state index contributed by atoms with van der Waals surface area (Å²) in [7, 11) is 1.86. The van der Waals surface area contributed by atoms with E-state index in [4.69, 9.17) is 0 Å². The van der Waals surface area contributed by atoms with Gasteiger partial charge in [-0.25, -0.2) is 9.67 Å². The highest BCUT2D eigenvalue weighted by Crippen LogP contribution is 2.28. The van der Waals surface area contributed by atoms with Crippen molar-refractivity contribution in [3.05, 3.63) is 48.0 Å². The van der Waals surface area contributed by atoms with Gasteiger partial charge in [0.25, 0.3) is 0 Å². The zero-order valence-electron chi connectivity index (χ0n) is 14.7. The number of aliphatic imine (C=N–C) groups is 1. The van der Waals surface area contributed by atoms with Crippen LogP contribution in [-0.4, -0.2) is 45.8 Å². The van der Waals surface area contributed by atoms with Gasteiger partial charge in [-0.1, -0.05) is 38.1 Å². The van der Waals surface area contributed by atoms with E-state index in [1.807, 2.05) is 11.7 Å². The lowest BCUT2D eigenvalue weighted by atomic mass is 9.93. The van der Waals surface area contributed by atoms with Gasteiger partial charge in [-0.15, -0.1) is 0 Å². The molecule has 1 aromatic carbocycles. The fourth-order valence-corrected chi connectivity index (χ4v) is 3.15. The molecule has 1 fully saturated rings. The monoisotopic (exact) mass is 326 g/mol. The lowest BCUT2D eigenvalue weighted by molar-refractivity contribution is 0.370. The van der Waals surface area contributed by atoms with Gasteiger partial charge in [0.05, 0.1) is 6.54 Å². The van der Waals surface area contributed by atoms with Crippen LogP contribution < -0.4 is 5.32 Å². The topological polar surface area (TPSA) is 58.3 Å². The molecule has 6 nitrogen and oxygen atoms in total. The highest BCUT2D eigenvalue weighted by Gasteiger charge is 2.30. The Morgan fingerprint density at radius 3 is 2.83 bits per heavy atom. The van der Waals surface area contributed by atoms with Crippen LogP contribution in [0.2, 0.25) is 0 Å². The molecule has 6 heteroatoms. The molecule has 0 unspecified atom stereocenters. The van der Waals surface area contributed by atoms with Crippen molar-refractivity contribution in [3.8, 4) is 0 Å².